The summed E-state index contributed by atoms with van der Waals surface area (Å²) in [5, 5.41) is 1.07. The van der Waals surface area contributed by atoms with Gasteiger partial charge in [0.1, 0.15) is 0 Å². The van der Waals surface area contributed by atoms with E-state index in [1.165, 1.54) is 12.1 Å². The predicted octanol–water partition coefficient (Wildman–Crippen LogP) is 2.23. The van der Waals surface area contributed by atoms with Gasteiger partial charge >= 0.3 is 0 Å². The number of hydrogen-bond donors (Lipinski definition) is 0. The minimum Gasteiger partial charge on any atom is -0.335 e. The molecule has 0 saturated carbocycles. The van der Waals surface area contributed by atoms with E-state index in [9.17, 15) is 0 Å². The van der Waals surface area contributed by atoms with Crippen LogP contribution in [-0.4, -0.2) is 14.9 Å². The van der Waals surface area contributed by atoms with Crippen molar-refractivity contribution in [3.05, 3.63) is 18.2 Å². The maximum absolute atomic E-state index is 4.09. The average Bonchev–Trinajstić information content (AvgIpc) is 2.47. The Hall–Kier alpha value is -0.310. The largest absolute Gasteiger partial charge is 0.335 e. The number of imidazole rings is 1. The molecule has 3 heteroatoms. The minimum absolute atomic E-state index is 1.03. The molecule has 0 N–H and O–H groups in total. The number of aromatic nitrogens is 2. The molecule has 1 heterocycles. The monoisotopic (exact) mass is 216 g/mol. The Labute approximate surface area is 75.8 Å². The summed E-state index contributed by atoms with van der Waals surface area (Å²) >= 11 is 3.41. The summed E-state index contributed by atoms with van der Waals surface area (Å²) in [7, 11) is 0. The van der Waals surface area contributed by atoms with E-state index in [0.29, 0.717) is 0 Å². The molecule has 0 fully saturated rings. The highest BCUT2D eigenvalue weighted by molar-refractivity contribution is 9.09. The fraction of sp³-hybridized carbons (Fsp3) is 0.625. The maximum Gasteiger partial charge on any atom is 0.0948 e. The smallest absolute Gasteiger partial charge is 0.0948 e. The quantitative estimate of drug-likeness (QED) is 0.707. The maximum atomic E-state index is 4.09. The number of hydrogen-bond acceptors (Lipinski definition) is 1. The van der Waals surface area contributed by atoms with Gasteiger partial charge in [-0.2, -0.15) is 0 Å². The lowest BCUT2D eigenvalue weighted by atomic mass is 10.3. The summed E-state index contributed by atoms with van der Waals surface area (Å²) in [4.78, 5) is 4.09. The van der Waals surface area contributed by atoms with Gasteiger partial charge in [-0.1, -0.05) is 15.9 Å². The van der Waals surface area contributed by atoms with E-state index < -0.39 is 0 Å². The van der Waals surface area contributed by atoms with Crippen LogP contribution in [0.25, 0.3) is 0 Å². The highest BCUT2D eigenvalue weighted by Crippen LogP contribution is 2.03. The van der Waals surface area contributed by atoms with Crippen LogP contribution >= 0.6 is 15.9 Å². The van der Waals surface area contributed by atoms with Crippen LogP contribution < -0.4 is 0 Å². The first-order chi connectivity index (χ1) is 5.38. The molecule has 0 spiro atoms. The van der Waals surface area contributed by atoms with Crippen LogP contribution in [-0.2, 0) is 13.0 Å². The zero-order chi connectivity index (χ0) is 8.10. The predicted molar refractivity (Wildman–Crippen MR) is 50.0 cm³/mol. The molecule has 2 nitrogen and oxygen atoms in total. The molecule has 0 amide bonds. The van der Waals surface area contributed by atoms with E-state index in [-0.39, 0.29) is 0 Å². The van der Waals surface area contributed by atoms with Gasteiger partial charge < -0.3 is 4.57 Å². The minimum atomic E-state index is 1.03. The summed E-state index contributed by atoms with van der Waals surface area (Å²) in [6, 6.07) is 0. The Balaban J connectivity index is 2.54. The first-order valence-corrected chi connectivity index (χ1v) is 5.05. The Bertz CT molecular complexity index is 208. The SMILES string of the molecule is CCn1cncc1CCCBr. The van der Waals surface area contributed by atoms with Crippen molar-refractivity contribution >= 4 is 15.9 Å². The van der Waals surface area contributed by atoms with E-state index in [0.717, 1.165) is 18.3 Å². The Morgan fingerprint density at radius 3 is 3.09 bits per heavy atom. The van der Waals surface area contributed by atoms with Crippen molar-refractivity contribution in [1.29, 1.82) is 0 Å². The van der Waals surface area contributed by atoms with Crippen molar-refractivity contribution in [2.45, 2.75) is 26.3 Å². The van der Waals surface area contributed by atoms with Crippen LogP contribution in [0.3, 0.4) is 0 Å². The van der Waals surface area contributed by atoms with Crippen LogP contribution in [0.5, 0.6) is 0 Å². The topological polar surface area (TPSA) is 17.8 Å². The fourth-order valence-corrected chi connectivity index (χ4v) is 1.37. The van der Waals surface area contributed by atoms with Crippen molar-refractivity contribution in [2.75, 3.05) is 5.33 Å². The van der Waals surface area contributed by atoms with Gasteiger partial charge in [0.2, 0.25) is 0 Å². The zero-order valence-electron chi connectivity index (χ0n) is 6.76. The van der Waals surface area contributed by atoms with Gasteiger partial charge in [0, 0.05) is 23.8 Å². The summed E-state index contributed by atoms with van der Waals surface area (Å²) < 4.78 is 2.18. The highest BCUT2D eigenvalue weighted by atomic mass is 79.9. The third kappa shape index (κ3) is 2.33. The Morgan fingerprint density at radius 1 is 1.64 bits per heavy atom. The summed E-state index contributed by atoms with van der Waals surface area (Å²) in [6.45, 7) is 3.16. The molecule has 0 atom stereocenters. The van der Waals surface area contributed by atoms with Crippen molar-refractivity contribution in [1.82, 2.24) is 9.55 Å². The highest BCUT2D eigenvalue weighted by Gasteiger charge is 1.97. The van der Waals surface area contributed by atoms with Crippen molar-refractivity contribution in [2.24, 2.45) is 0 Å². The lowest BCUT2D eigenvalue weighted by molar-refractivity contribution is 0.701. The summed E-state index contributed by atoms with van der Waals surface area (Å²) in [5.41, 5.74) is 1.34. The second-order valence-corrected chi connectivity index (χ2v) is 3.26. The van der Waals surface area contributed by atoms with Gasteiger partial charge in [-0.15, -0.1) is 0 Å². The number of rotatable bonds is 4. The third-order valence-corrected chi connectivity index (χ3v) is 2.27. The third-order valence-electron chi connectivity index (χ3n) is 1.71. The van der Waals surface area contributed by atoms with Gasteiger partial charge in [0.05, 0.1) is 6.33 Å². The lowest BCUT2D eigenvalue weighted by Gasteiger charge is -2.02. The van der Waals surface area contributed by atoms with Crippen molar-refractivity contribution < 1.29 is 0 Å². The number of alkyl halides is 1. The van der Waals surface area contributed by atoms with Gasteiger partial charge in [-0.25, -0.2) is 4.98 Å². The van der Waals surface area contributed by atoms with E-state index in [2.05, 4.69) is 32.4 Å². The molecule has 0 saturated heterocycles. The molecule has 1 aromatic rings. The molecule has 62 valence electrons. The van der Waals surface area contributed by atoms with Crippen LogP contribution in [0.15, 0.2) is 12.5 Å². The van der Waals surface area contributed by atoms with Crippen LogP contribution in [0, 0.1) is 0 Å². The first kappa shape index (κ1) is 8.78. The first-order valence-electron chi connectivity index (χ1n) is 3.93. The second kappa shape index (κ2) is 4.54. The molecule has 1 aromatic heterocycles. The van der Waals surface area contributed by atoms with E-state index in [4.69, 9.17) is 0 Å². The molecule has 0 aliphatic carbocycles. The molecular weight excluding hydrogens is 204 g/mol. The number of aryl methyl sites for hydroxylation is 2. The van der Waals surface area contributed by atoms with Crippen LogP contribution in [0.4, 0.5) is 0 Å². The molecule has 11 heavy (non-hydrogen) atoms. The summed E-state index contributed by atoms with van der Waals surface area (Å²) in [6.07, 6.45) is 6.15. The van der Waals surface area contributed by atoms with E-state index in [1.807, 2.05) is 12.5 Å². The van der Waals surface area contributed by atoms with Gasteiger partial charge in [0.25, 0.3) is 0 Å². The average molecular weight is 217 g/mol. The molecule has 0 aromatic carbocycles. The Kier molecular flexibility index (Phi) is 3.63. The van der Waals surface area contributed by atoms with Crippen LogP contribution in [0.1, 0.15) is 19.0 Å². The molecule has 1 rings (SSSR count). The van der Waals surface area contributed by atoms with E-state index >= 15 is 0 Å². The lowest BCUT2D eigenvalue weighted by Crippen LogP contribution is -1.99. The Morgan fingerprint density at radius 2 is 2.45 bits per heavy atom. The second-order valence-electron chi connectivity index (χ2n) is 2.46. The van der Waals surface area contributed by atoms with Gasteiger partial charge in [-0.05, 0) is 19.8 Å². The zero-order valence-corrected chi connectivity index (χ0v) is 8.34. The fourth-order valence-electron chi connectivity index (χ4n) is 1.09. The number of nitrogens with zero attached hydrogens (tertiary/aromatic N) is 2. The molecular formula is C8H13BrN2. The van der Waals surface area contributed by atoms with E-state index in [1.54, 1.807) is 0 Å². The van der Waals surface area contributed by atoms with Gasteiger partial charge in [0.15, 0.2) is 0 Å². The van der Waals surface area contributed by atoms with Gasteiger partial charge in [-0.3, -0.25) is 0 Å². The normalized spacial score (nSPS) is 10.4. The summed E-state index contributed by atoms with van der Waals surface area (Å²) in [5.74, 6) is 0. The molecule has 0 bridgehead atoms. The molecule has 0 radical (unpaired) electrons. The van der Waals surface area contributed by atoms with Crippen LogP contribution in [0.2, 0.25) is 0 Å². The van der Waals surface area contributed by atoms with Crippen molar-refractivity contribution in [3.8, 4) is 0 Å². The number of halogens is 1. The molecule has 0 unspecified atom stereocenters. The molecule has 0 aliphatic heterocycles. The molecule has 0 aliphatic rings. The standard InChI is InChI=1S/C8H13BrN2/c1-2-11-7-10-6-8(11)4-3-5-9/h6-7H,2-5H2,1H3. The van der Waals surface area contributed by atoms with Crippen molar-refractivity contribution in [3.63, 3.8) is 0 Å².